The molecule has 4 rings (SSSR count). The lowest BCUT2D eigenvalue weighted by Crippen LogP contribution is -2.43. The van der Waals surface area contributed by atoms with E-state index in [0.29, 0.717) is 5.75 Å². The van der Waals surface area contributed by atoms with E-state index in [4.69, 9.17) is 9.47 Å². The van der Waals surface area contributed by atoms with Gasteiger partial charge in [-0.25, -0.2) is 14.0 Å². The van der Waals surface area contributed by atoms with Crippen molar-refractivity contribution in [1.82, 2.24) is 5.32 Å². The van der Waals surface area contributed by atoms with Crippen molar-refractivity contribution in [1.29, 1.82) is 0 Å². The largest absolute Gasteiger partial charge is 0.497 e. The smallest absolute Gasteiger partial charge is 0.407 e. The molecular weight excluding hydrogens is 413 g/mol. The molecule has 0 unspecified atom stereocenters. The Morgan fingerprint density at radius 2 is 1.66 bits per heavy atom. The minimum atomic E-state index is -1.35. The van der Waals surface area contributed by atoms with Crippen LogP contribution in [0.5, 0.6) is 5.75 Å². The molecule has 7 heteroatoms. The van der Waals surface area contributed by atoms with Gasteiger partial charge in [-0.15, -0.1) is 0 Å². The molecule has 1 aliphatic carbocycles. The lowest BCUT2D eigenvalue weighted by Gasteiger charge is -2.18. The number of fused-ring (bicyclic) bond motifs is 3. The fourth-order valence-corrected chi connectivity index (χ4v) is 4.04. The van der Waals surface area contributed by atoms with Crippen molar-refractivity contribution in [2.24, 2.45) is 0 Å². The summed E-state index contributed by atoms with van der Waals surface area (Å²) in [4.78, 5) is 24.1. The Bertz CT molecular complexity index is 1120. The van der Waals surface area contributed by atoms with Gasteiger partial charge in [0.25, 0.3) is 0 Å². The van der Waals surface area contributed by atoms with Gasteiger partial charge in [0.05, 0.1) is 7.11 Å². The Labute approximate surface area is 184 Å². The summed E-state index contributed by atoms with van der Waals surface area (Å²) < 4.78 is 24.6. The molecular formula is C25H22FNO5. The number of aliphatic carboxylic acids is 1. The van der Waals surface area contributed by atoms with Crippen molar-refractivity contribution in [3.05, 3.63) is 89.2 Å². The number of carbonyl (C=O) groups excluding carboxylic acids is 1. The summed E-state index contributed by atoms with van der Waals surface area (Å²) in [6.07, 6.45) is -1.12. The number of carboxylic acids is 1. The van der Waals surface area contributed by atoms with Crippen LogP contribution in [0.4, 0.5) is 9.18 Å². The van der Waals surface area contributed by atoms with Crippen LogP contribution in [0.2, 0.25) is 0 Å². The summed E-state index contributed by atoms with van der Waals surface area (Å²) in [5.41, 5.74) is 4.41. The molecule has 3 aromatic rings. The highest BCUT2D eigenvalue weighted by Crippen LogP contribution is 2.44. The van der Waals surface area contributed by atoms with E-state index in [1.807, 2.05) is 48.5 Å². The molecule has 0 heterocycles. The third-order valence-electron chi connectivity index (χ3n) is 5.61. The number of halogens is 1. The quantitative estimate of drug-likeness (QED) is 0.576. The number of hydrogen-bond donors (Lipinski definition) is 2. The third kappa shape index (κ3) is 4.27. The molecule has 0 aliphatic heterocycles. The first-order chi connectivity index (χ1) is 15.5. The van der Waals surface area contributed by atoms with Gasteiger partial charge in [-0.1, -0.05) is 48.5 Å². The molecule has 0 fully saturated rings. The van der Waals surface area contributed by atoms with E-state index in [9.17, 15) is 19.1 Å². The highest BCUT2D eigenvalue weighted by atomic mass is 19.1. The summed E-state index contributed by atoms with van der Waals surface area (Å²) >= 11 is 0. The first-order valence-electron chi connectivity index (χ1n) is 10.1. The fraction of sp³-hybridized carbons (Fsp3) is 0.200. The van der Waals surface area contributed by atoms with Crippen molar-refractivity contribution < 1.29 is 28.6 Å². The van der Waals surface area contributed by atoms with Gasteiger partial charge in [0.15, 0.2) is 0 Å². The maximum atomic E-state index is 14.1. The first kappa shape index (κ1) is 21.4. The number of nitrogens with one attached hydrogen (secondary N) is 1. The van der Waals surface area contributed by atoms with E-state index in [1.165, 1.54) is 25.3 Å². The van der Waals surface area contributed by atoms with Crippen LogP contribution >= 0.6 is 0 Å². The minimum Gasteiger partial charge on any atom is -0.497 e. The Morgan fingerprint density at radius 3 is 2.25 bits per heavy atom. The number of methoxy groups -OCH3 is 1. The number of hydrogen-bond acceptors (Lipinski definition) is 4. The van der Waals surface area contributed by atoms with Crippen LogP contribution in [-0.4, -0.2) is 36.9 Å². The maximum absolute atomic E-state index is 14.1. The van der Waals surface area contributed by atoms with E-state index >= 15 is 0 Å². The highest BCUT2D eigenvalue weighted by molar-refractivity contribution is 5.81. The second-order valence-electron chi connectivity index (χ2n) is 7.52. The summed E-state index contributed by atoms with van der Waals surface area (Å²) in [5, 5.41) is 11.9. The number of alkyl carbamates (subject to hydrolysis) is 1. The third-order valence-corrected chi connectivity index (χ3v) is 5.61. The molecule has 3 aromatic carbocycles. The normalized spacial score (nSPS) is 13.1. The van der Waals surface area contributed by atoms with Gasteiger partial charge in [-0.05, 0) is 46.0 Å². The number of carboxylic acid groups (broad SMARTS) is 1. The van der Waals surface area contributed by atoms with Crippen LogP contribution in [0.1, 0.15) is 22.6 Å². The number of amides is 1. The fourth-order valence-electron chi connectivity index (χ4n) is 4.04. The monoisotopic (exact) mass is 435 g/mol. The molecule has 6 nitrogen and oxygen atoms in total. The number of ether oxygens (including phenoxy) is 2. The van der Waals surface area contributed by atoms with Crippen molar-refractivity contribution in [2.45, 2.75) is 18.4 Å². The Hall–Kier alpha value is -3.87. The predicted octanol–water partition coefficient (Wildman–Crippen LogP) is 4.37. The van der Waals surface area contributed by atoms with E-state index in [1.54, 1.807) is 0 Å². The molecule has 0 radical (unpaired) electrons. The Kier molecular flexibility index (Phi) is 6.07. The van der Waals surface area contributed by atoms with Gasteiger partial charge >= 0.3 is 12.1 Å². The average Bonchev–Trinajstić information content (AvgIpc) is 3.12. The molecule has 1 amide bonds. The van der Waals surface area contributed by atoms with Gasteiger partial charge in [0, 0.05) is 12.3 Å². The first-order valence-corrected chi connectivity index (χ1v) is 10.1. The van der Waals surface area contributed by atoms with E-state index in [0.717, 1.165) is 22.3 Å². The van der Waals surface area contributed by atoms with Crippen molar-refractivity contribution in [2.75, 3.05) is 13.7 Å². The van der Waals surface area contributed by atoms with Gasteiger partial charge in [-0.3, -0.25) is 0 Å². The summed E-state index contributed by atoms with van der Waals surface area (Å²) in [6.45, 7) is 0.0553. The predicted molar refractivity (Wildman–Crippen MR) is 116 cm³/mol. The standard InChI is InChI=1S/C25H22FNO5/c1-31-16-10-11-22(26)15(12-16)13-23(24(28)29)27-25(30)32-14-21-19-8-4-2-6-17(19)18-7-3-5-9-20(18)21/h2-12,21,23H,13-14H2,1H3,(H,27,30)(H,28,29)/t23-/m1/s1. The maximum Gasteiger partial charge on any atom is 0.407 e. The average molecular weight is 435 g/mol. The van der Waals surface area contributed by atoms with Crippen LogP contribution in [0.3, 0.4) is 0 Å². The molecule has 1 atom stereocenters. The summed E-state index contributed by atoms with van der Waals surface area (Å²) in [5.74, 6) is -1.62. The van der Waals surface area contributed by atoms with Gasteiger partial charge in [0.2, 0.25) is 0 Å². The van der Waals surface area contributed by atoms with Crippen molar-refractivity contribution in [3.63, 3.8) is 0 Å². The highest BCUT2D eigenvalue weighted by Gasteiger charge is 2.30. The zero-order valence-electron chi connectivity index (χ0n) is 17.4. The molecule has 2 N–H and O–H groups in total. The van der Waals surface area contributed by atoms with E-state index in [-0.39, 0.29) is 24.5 Å². The Morgan fingerprint density at radius 1 is 1.03 bits per heavy atom. The SMILES string of the molecule is COc1ccc(F)c(C[C@@H](NC(=O)OCC2c3ccccc3-c3ccccc32)C(=O)O)c1. The van der Waals surface area contributed by atoms with Crippen molar-refractivity contribution >= 4 is 12.1 Å². The number of benzene rings is 3. The van der Waals surface area contributed by atoms with Crippen LogP contribution in [-0.2, 0) is 16.0 Å². The van der Waals surface area contributed by atoms with Crippen LogP contribution in [0.15, 0.2) is 66.7 Å². The number of carbonyl (C=O) groups is 2. The zero-order chi connectivity index (χ0) is 22.7. The van der Waals surface area contributed by atoms with E-state index in [2.05, 4.69) is 5.32 Å². The lowest BCUT2D eigenvalue weighted by atomic mass is 9.98. The Balaban J connectivity index is 1.44. The van der Waals surface area contributed by atoms with Gasteiger partial charge in [0.1, 0.15) is 24.2 Å². The van der Waals surface area contributed by atoms with Gasteiger partial charge in [-0.2, -0.15) is 0 Å². The summed E-state index contributed by atoms with van der Waals surface area (Å²) in [6, 6.07) is 18.5. The molecule has 0 spiro atoms. The summed E-state index contributed by atoms with van der Waals surface area (Å²) in [7, 11) is 1.43. The van der Waals surface area contributed by atoms with Crippen LogP contribution in [0.25, 0.3) is 11.1 Å². The van der Waals surface area contributed by atoms with Gasteiger partial charge < -0.3 is 19.9 Å². The number of rotatable bonds is 7. The molecule has 164 valence electrons. The molecule has 0 saturated heterocycles. The van der Waals surface area contributed by atoms with Crippen molar-refractivity contribution in [3.8, 4) is 16.9 Å². The molecule has 0 saturated carbocycles. The second kappa shape index (κ2) is 9.09. The zero-order valence-corrected chi connectivity index (χ0v) is 17.4. The van der Waals surface area contributed by atoms with Crippen LogP contribution in [0, 0.1) is 5.82 Å². The molecule has 0 bridgehead atoms. The molecule has 0 aromatic heterocycles. The second-order valence-corrected chi connectivity index (χ2v) is 7.52. The van der Waals surface area contributed by atoms with E-state index < -0.39 is 23.9 Å². The molecule has 32 heavy (non-hydrogen) atoms. The minimum absolute atomic E-state index is 0.0553. The van der Waals surface area contributed by atoms with Crippen LogP contribution < -0.4 is 10.1 Å². The topological polar surface area (TPSA) is 84.9 Å². The lowest BCUT2D eigenvalue weighted by molar-refractivity contribution is -0.139. The molecule has 1 aliphatic rings.